The number of hydrogen-bond acceptors (Lipinski definition) is 3. The number of halogens is 1. The first-order chi connectivity index (χ1) is 8.10. The summed E-state index contributed by atoms with van der Waals surface area (Å²) in [7, 11) is 0. The van der Waals surface area contributed by atoms with Gasteiger partial charge >= 0.3 is 0 Å². The van der Waals surface area contributed by atoms with E-state index in [9.17, 15) is 4.79 Å². The third-order valence-corrected chi connectivity index (χ3v) is 3.52. The number of benzene rings is 1. The molecule has 0 unspecified atom stereocenters. The Morgan fingerprint density at radius 1 is 1.47 bits per heavy atom. The summed E-state index contributed by atoms with van der Waals surface area (Å²) in [5, 5.41) is 0. The van der Waals surface area contributed by atoms with Crippen molar-refractivity contribution < 1.29 is 9.53 Å². The van der Waals surface area contributed by atoms with E-state index in [0.717, 1.165) is 17.3 Å². The van der Waals surface area contributed by atoms with Crippen molar-refractivity contribution in [2.45, 2.75) is 18.9 Å². The number of ether oxygens (including phenoxy) is 1. The van der Waals surface area contributed by atoms with Crippen molar-refractivity contribution in [3.63, 3.8) is 0 Å². The Morgan fingerprint density at radius 2 is 2.18 bits per heavy atom. The smallest absolute Gasteiger partial charge is 0.252 e. The fraction of sp³-hybridized carbons (Fsp3) is 0.417. The molecule has 0 heterocycles. The SMILES string of the molecule is NCC1CC(Oc2cc(Br)ccc2C(N)=O)C1. The molecular weight excluding hydrogens is 284 g/mol. The second kappa shape index (κ2) is 5.06. The maximum absolute atomic E-state index is 11.2. The van der Waals surface area contributed by atoms with Crippen LogP contribution in [0.15, 0.2) is 22.7 Å². The van der Waals surface area contributed by atoms with E-state index in [2.05, 4.69) is 15.9 Å². The predicted molar refractivity (Wildman–Crippen MR) is 68.9 cm³/mol. The van der Waals surface area contributed by atoms with E-state index in [1.807, 2.05) is 0 Å². The fourth-order valence-corrected chi connectivity index (χ4v) is 2.28. The zero-order valence-electron chi connectivity index (χ0n) is 9.36. The van der Waals surface area contributed by atoms with Crippen molar-refractivity contribution in [1.29, 1.82) is 0 Å². The second-order valence-corrected chi connectivity index (χ2v) is 5.23. The molecule has 1 fully saturated rings. The Bertz CT molecular complexity index is 431. The van der Waals surface area contributed by atoms with E-state index in [4.69, 9.17) is 16.2 Å². The van der Waals surface area contributed by atoms with Gasteiger partial charge in [-0.25, -0.2) is 0 Å². The highest BCUT2D eigenvalue weighted by atomic mass is 79.9. The van der Waals surface area contributed by atoms with Crippen molar-refractivity contribution in [3.05, 3.63) is 28.2 Å². The second-order valence-electron chi connectivity index (χ2n) is 4.32. The Kier molecular flexibility index (Phi) is 3.69. The molecule has 4 N–H and O–H groups in total. The van der Waals surface area contributed by atoms with Gasteiger partial charge in [0.1, 0.15) is 5.75 Å². The van der Waals surface area contributed by atoms with Gasteiger partial charge in [0.15, 0.2) is 0 Å². The van der Waals surface area contributed by atoms with Gasteiger partial charge in [0, 0.05) is 4.47 Å². The van der Waals surface area contributed by atoms with Crippen molar-refractivity contribution in [3.8, 4) is 5.75 Å². The van der Waals surface area contributed by atoms with Gasteiger partial charge in [-0.05, 0) is 43.5 Å². The summed E-state index contributed by atoms with van der Waals surface area (Å²) in [4.78, 5) is 11.2. The number of hydrogen-bond donors (Lipinski definition) is 2. The van der Waals surface area contributed by atoms with Crippen LogP contribution in [-0.4, -0.2) is 18.6 Å². The molecule has 1 aromatic carbocycles. The van der Waals surface area contributed by atoms with E-state index in [-0.39, 0.29) is 6.10 Å². The number of carbonyl (C=O) groups excluding carboxylic acids is 1. The lowest BCUT2D eigenvalue weighted by Crippen LogP contribution is -2.38. The van der Waals surface area contributed by atoms with Crippen molar-refractivity contribution >= 4 is 21.8 Å². The topological polar surface area (TPSA) is 78.3 Å². The maximum Gasteiger partial charge on any atom is 0.252 e. The number of nitrogens with two attached hydrogens (primary N) is 2. The van der Waals surface area contributed by atoms with Crippen molar-refractivity contribution in [1.82, 2.24) is 0 Å². The van der Waals surface area contributed by atoms with E-state index in [0.29, 0.717) is 23.8 Å². The molecular formula is C12H15BrN2O2. The molecule has 0 atom stereocenters. The largest absolute Gasteiger partial charge is 0.490 e. The molecule has 0 bridgehead atoms. The predicted octanol–water partition coefficient (Wildman–Crippen LogP) is 1.66. The van der Waals surface area contributed by atoms with Crippen LogP contribution in [0.3, 0.4) is 0 Å². The molecule has 5 heteroatoms. The molecule has 0 aromatic heterocycles. The molecule has 1 amide bonds. The molecule has 0 radical (unpaired) electrons. The van der Waals surface area contributed by atoms with Gasteiger partial charge in [-0.1, -0.05) is 15.9 Å². The highest BCUT2D eigenvalue weighted by Gasteiger charge is 2.30. The standard InChI is InChI=1S/C12H15BrN2O2/c13-8-1-2-10(12(15)16)11(5-8)17-9-3-7(4-9)6-14/h1-2,5,7,9H,3-4,6,14H2,(H2,15,16). The van der Waals surface area contributed by atoms with Crippen molar-refractivity contribution in [2.24, 2.45) is 17.4 Å². The number of rotatable bonds is 4. The molecule has 1 aliphatic carbocycles. The summed E-state index contributed by atoms with van der Waals surface area (Å²) in [6.07, 6.45) is 2.04. The molecule has 17 heavy (non-hydrogen) atoms. The van der Waals surface area contributed by atoms with E-state index < -0.39 is 5.91 Å². The van der Waals surface area contributed by atoms with E-state index in [1.54, 1.807) is 18.2 Å². The van der Waals surface area contributed by atoms with Gasteiger partial charge in [-0.2, -0.15) is 0 Å². The Labute approximate surface area is 108 Å². The van der Waals surface area contributed by atoms with E-state index in [1.165, 1.54) is 0 Å². The zero-order chi connectivity index (χ0) is 12.4. The van der Waals surface area contributed by atoms with Gasteiger partial charge in [0.25, 0.3) is 5.91 Å². The zero-order valence-corrected chi connectivity index (χ0v) is 10.9. The van der Waals surface area contributed by atoms with Gasteiger partial charge in [0.2, 0.25) is 0 Å². The van der Waals surface area contributed by atoms with Crippen molar-refractivity contribution in [2.75, 3.05) is 6.54 Å². The average Bonchev–Trinajstić information content (AvgIpc) is 2.22. The van der Waals surface area contributed by atoms with Crippen LogP contribution < -0.4 is 16.2 Å². The molecule has 4 nitrogen and oxygen atoms in total. The quantitative estimate of drug-likeness (QED) is 0.887. The molecule has 1 aromatic rings. The lowest BCUT2D eigenvalue weighted by Gasteiger charge is -2.34. The first-order valence-corrected chi connectivity index (χ1v) is 6.35. The normalized spacial score (nSPS) is 22.9. The summed E-state index contributed by atoms with van der Waals surface area (Å²) >= 11 is 3.35. The maximum atomic E-state index is 11.2. The minimum atomic E-state index is -0.470. The summed E-state index contributed by atoms with van der Waals surface area (Å²) < 4.78 is 6.64. The van der Waals surface area contributed by atoms with E-state index >= 15 is 0 Å². The van der Waals surface area contributed by atoms with Gasteiger partial charge in [-0.3, -0.25) is 4.79 Å². The summed E-state index contributed by atoms with van der Waals surface area (Å²) in [6.45, 7) is 0.695. The highest BCUT2D eigenvalue weighted by Crippen LogP contribution is 2.33. The average molecular weight is 299 g/mol. The van der Waals surface area contributed by atoms with Crippen LogP contribution in [0.25, 0.3) is 0 Å². The summed E-state index contributed by atoms with van der Waals surface area (Å²) in [5.41, 5.74) is 11.3. The first kappa shape index (κ1) is 12.4. The van der Waals surface area contributed by atoms with Crippen LogP contribution in [0.4, 0.5) is 0 Å². The number of amides is 1. The summed E-state index contributed by atoms with van der Waals surface area (Å²) in [5.74, 6) is 0.624. The van der Waals surface area contributed by atoms with Gasteiger partial charge < -0.3 is 16.2 Å². The molecule has 1 saturated carbocycles. The number of primary amides is 1. The Morgan fingerprint density at radius 3 is 2.76 bits per heavy atom. The fourth-order valence-electron chi connectivity index (χ4n) is 1.94. The molecule has 1 aliphatic rings. The monoisotopic (exact) mass is 298 g/mol. The minimum absolute atomic E-state index is 0.149. The van der Waals surface area contributed by atoms with Crippen LogP contribution in [0.2, 0.25) is 0 Å². The van der Waals surface area contributed by atoms with Crippen LogP contribution in [0.1, 0.15) is 23.2 Å². The molecule has 0 spiro atoms. The summed E-state index contributed by atoms with van der Waals surface area (Å²) in [6, 6.07) is 5.22. The minimum Gasteiger partial charge on any atom is -0.490 e. The third kappa shape index (κ3) is 2.79. The molecule has 0 saturated heterocycles. The number of carbonyl (C=O) groups is 1. The van der Waals surface area contributed by atoms with Crippen LogP contribution in [0.5, 0.6) is 5.75 Å². The molecule has 92 valence electrons. The Balaban J connectivity index is 2.09. The lowest BCUT2D eigenvalue weighted by atomic mass is 9.82. The van der Waals surface area contributed by atoms with Crippen LogP contribution >= 0.6 is 15.9 Å². The van der Waals surface area contributed by atoms with Gasteiger partial charge in [-0.15, -0.1) is 0 Å². The molecule has 2 rings (SSSR count). The van der Waals surface area contributed by atoms with Crippen LogP contribution in [0, 0.1) is 5.92 Å². The highest BCUT2D eigenvalue weighted by molar-refractivity contribution is 9.10. The third-order valence-electron chi connectivity index (χ3n) is 3.03. The van der Waals surface area contributed by atoms with Crippen LogP contribution in [-0.2, 0) is 0 Å². The Hall–Kier alpha value is -1.07. The first-order valence-electron chi connectivity index (χ1n) is 5.56. The molecule has 0 aliphatic heterocycles. The lowest BCUT2D eigenvalue weighted by molar-refractivity contribution is 0.0673. The van der Waals surface area contributed by atoms with Gasteiger partial charge in [0.05, 0.1) is 11.7 Å².